The maximum atomic E-state index is 13.0. The van der Waals surface area contributed by atoms with E-state index >= 15 is 0 Å². The molecule has 4 fully saturated rings. The molecule has 0 radical (unpaired) electrons. The number of rotatable bonds is 2. The Hall–Kier alpha value is -1.56. The van der Waals surface area contributed by atoms with Gasteiger partial charge in [0.1, 0.15) is 0 Å². The van der Waals surface area contributed by atoms with Crippen LogP contribution in [0.2, 0.25) is 0 Å². The van der Waals surface area contributed by atoms with Crippen LogP contribution in [-0.4, -0.2) is 49.0 Å². The molecule has 2 amide bonds. The Kier molecular flexibility index (Phi) is 4.04. The van der Waals surface area contributed by atoms with Gasteiger partial charge in [-0.2, -0.15) is 0 Å². The van der Waals surface area contributed by atoms with Crippen molar-refractivity contribution in [3.63, 3.8) is 0 Å². The van der Waals surface area contributed by atoms with E-state index < -0.39 is 15.4 Å². The summed E-state index contributed by atoms with van der Waals surface area (Å²) >= 11 is 0. The highest BCUT2D eigenvalue weighted by molar-refractivity contribution is 7.91. The molecule has 5 atom stereocenters. The largest absolute Gasteiger partial charge is 0.335 e. The molecule has 2 aliphatic carbocycles. The number of sulfone groups is 1. The molecule has 6 heteroatoms. The first kappa shape index (κ1) is 17.5. The van der Waals surface area contributed by atoms with Crippen LogP contribution in [0.25, 0.3) is 0 Å². The zero-order valence-corrected chi connectivity index (χ0v) is 16.5. The molecule has 1 aromatic carbocycles. The van der Waals surface area contributed by atoms with Crippen molar-refractivity contribution in [1.29, 1.82) is 0 Å². The van der Waals surface area contributed by atoms with Gasteiger partial charge in [0.2, 0.25) is 0 Å². The molecule has 1 unspecified atom stereocenters. The van der Waals surface area contributed by atoms with Crippen LogP contribution in [0.1, 0.15) is 50.0 Å². The number of urea groups is 1. The maximum absolute atomic E-state index is 13.0. The highest BCUT2D eigenvalue weighted by Gasteiger charge is 2.52. The van der Waals surface area contributed by atoms with Gasteiger partial charge in [0.25, 0.3) is 0 Å². The SMILES string of the molecule is O=C(N[C@@H]1C[C@H]2C[C@@H]1C[C@H]2c1ccccc1)N1CCCC12CCS(=O)(=O)C2. The normalized spacial score (nSPS) is 39.3. The lowest BCUT2D eigenvalue weighted by molar-refractivity contribution is 0.151. The summed E-state index contributed by atoms with van der Waals surface area (Å²) in [7, 11) is -3.00. The number of carbonyl (C=O) groups is 1. The first-order valence-electron chi connectivity index (χ1n) is 10.3. The van der Waals surface area contributed by atoms with Crippen LogP contribution < -0.4 is 5.32 Å². The van der Waals surface area contributed by atoms with E-state index in [1.54, 1.807) is 0 Å². The van der Waals surface area contributed by atoms with Crippen LogP contribution in [0.15, 0.2) is 30.3 Å². The van der Waals surface area contributed by atoms with Crippen LogP contribution in [0.4, 0.5) is 4.79 Å². The van der Waals surface area contributed by atoms with E-state index in [-0.39, 0.29) is 23.6 Å². The third-order valence-corrected chi connectivity index (χ3v) is 9.41. The molecule has 146 valence electrons. The second-order valence-electron chi connectivity index (χ2n) is 9.12. The van der Waals surface area contributed by atoms with Crippen molar-refractivity contribution >= 4 is 15.9 Å². The number of hydrogen-bond acceptors (Lipinski definition) is 3. The number of nitrogens with zero attached hydrogens (tertiary/aromatic N) is 1. The van der Waals surface area contributed by atoms with Crippen LogP contribution in [0.5, 0.6) is 0 Å². The van der Waals surface area contributed by atoms with Gasteiger partial charge < -0.3 is 10.2 Å². The quantitative estimate of drug-likeness (QED) is 0.847. The van der Waals surface area contributed by atoms with Crippen LogP contribution in [-0.2, 0) is 9.84 Å². The first-order valence-corrected chi connectivity index (χ1v) is 12.1. The zero-order valence-electron chi connectivity index (χ0n) is 15.6. The standard InChI is InChI=1S/C21H28N2O3S/c24-20(23-9-4-7-21(23)8-10-27(25,26)14-21)22-19-13-16-11-17(19)12-18(16)15-5-2-1-3-6-15/h1-3,5-6,16-19H,4,7-14H2,(H,22,24)/t16-,17-,18+,19-,21?/m1/s1. The summed E-state index contributed by atoms with van der Waals surface area (Å²) in [5, 5.41) is 3.29. The van der Waals surface area contributed by atoms with Gasteiger partial charge >= 0.3 is 6.03 Å². The second-order valence-corrected chi connectivity index (χ2v) is 11.3. The van der Waals surface area contributed by atoms with Gasteiger partial charge in [-0.1, -0.05) is 30.3 Å². The van der Waals surface area contributed by atoms with Crippen LogP contribution in [0, 0.1) is 11.8 Å². The lowest BCUT2D eigenvalue weighted by Crippen LogP contribution is -2.54. The molecule has 4 aliphatic rings. The van der Waals surface area contributed by atoms with Gasteiger partial charge in [-0.3, -0.25) is 0 Å². The lowest BCUT2D eigenvalue weighted by atomic mass is 9.81. The summed E-state index contributed by atoms with van der Waals surface area (Å²) in [4.78, 5) is 14.9. The van der Waals surface area contributed by atoms with Gasteiger partial charge in [-0.15, -0.1) is 0 Å². The highest BCUT2D eigenvalue weighted by Crippen LogP contribution is 2.53. The number of likely N-dealkylation sites (tertiary alicyclic amines) is 1. The maximum Gasteiger partial charge on any atom is 0.318 e. The third kappa shape index (κ3) is 2.96. The Morgan fingerprint density at radius 2 is 1.89 bits per heavy atom. The van der Waals surface area contributed by atoms with Crippen molar-refractivity contribution in [3.05, 3.63) is 35.9 Å². The average molecular weight is 389 g/mol. The fourth-order valence-electron chi connectivity index (χ4n) is 6.36. The van der Waals surface area contributed by atoms with E-state index in [4.69, 9.17) is 0 Å². The van der Waals surface area contributed by atoms with Crippen molar-refractivity contribution in [3.8, 4) is 0 Å². The molecule has 2 bridgehead atoms. The summed E-state index contributed by atoms with van der Waals surface area (Å²) in [6.07, 6.45) is 5.75. The van der Waals surface area contributed by atoms with Gasteiger partial charge in [0, 0.05) is 12.6 Å². The Labute approximate surface area is 161 Å². The Balaban J connectivity index is 1.24. The molecular formula is C21H28N2O3S. The Morgan fingerprint density at radius 3 is 2.56 bits per heavy atom. The van der Waals surface area contributed by atoms with Gasteiger partial charge in [-0.25, -0.2) is 13.2 Å². The van der Waals surface area contributed by atoms with Crippen molar-refractivity contribution in [2.45, 2.75) is 56.0 Å². The second kappa shape index (κ2) is 6.23. The number of fused-ring (bicyclic) bond motifs is 2. The fraction of sp³-hybridized carbons (Fsp3) is 0.667. The molecule has 1 spiro atoms. The van der Waals surface area contributed by atoms with Crippen molar-refractivity contribution in [2.75, 3.05) is 18.1 Å². The van der Waals surface area contributed by atoms with Crippen molar-refractivity contribution < 1.29 is 13.2 Å². The van der Waals surface area contributed by atoms with E-state index in [0.717, 1.165) is 25.7 Å². The number of nitrogens with one attached hydrogen (secondary N) is 1. The highest BCUT2D eigenvalue weighted by atomic mass is 32.2. The topological polar surface area (TPSA) is 66.5 Å². The molecule has 2 saturated carbocycles. The van der Waals surface area contributed by atoms with Gasteiger partial charge in [0.15, 0.2) is 9.84 Å². The minimum Gasteiger partial charge on any atom is -0.335 e. The van der Waals surface area contributed by atoms with E-state index in [2.05, 4.69) is 35.6 Å². The minimum atomic E-state index is -3.00. The fourth-order valence-corrected chi connectivity index (χ4v) is 8.46. The third-order valence-electron chi connectivity index (χ3n) is 7.60. The van der Waals surface area contributed by atoms with E-state index in [0.29, 0.717) is 30.7 Å². The molecule has 2 aliphatic heterocycles. The Morgan fingerprint density at radius 1 is 1.07 bits per heavy atom. The molecule has 5 nitrogen and oxygen atoms in total. The minimum absolute atomic E-state index is 0.0292. The van der Waals surface area contributed by atoms with Crippen LogP contribution >= 0.6 is 0 Å². The smallest absolute Gasteiger partial charge is 0.318 e. The van der Waals surface area contributed by atoms with Crippen molar-refractivity contribution in [1.82, 2.24) is 10.2 Å². The predicted octanol–water partition coefficient (Wildman–Crippen LogP) is 2.93. The first-order chi connectivity index (χ1) is 13.0. The predicted molar refractivity (Wildman–Crippen MR) is 104 cm³/mol. The van der Waals surface area contributed by atoms with E-state index in [1.807, 2.05) is 4.90 Å². The molecule has 1 aromatic rings. The monoisotopic (exact) mass is 388 g/mol. The summed E-state index contributed by atoms with van der Waals surface area (Å²) in [6.45, 7) is 0.689. The van der Waals surface area contributed by atoms with E-state index in [9.17, 15) is 13.2 Å². The van der Waals surface area contributed by atoms with Gasteiger partial charge in [-0.05, 0) is 61.8 Å². The zero-order chi connectivity index (χ0) is 18.6. The Bertz CT molecular complexity index is 840. The average Bonchev–Trinajstić information content (AvgIpc) is 3.39. The van der Waals surface area contributed by atoms with E-state index in [1.165, 1.54) is 12.0 Å². The number of amides is 2. The summed E-state index contributed by atoms with van der Waals surface area (Å²) in [6, 6.07) is 11.0. The molecule has 5 rings (SSSR count). The summed E-state index contributed by atoms with van der Waals surface area (Å²) < 4.78 is 24.0. The number of benzene rings is 1. The van der Waals surface area contributed by atoms with Gasteiger partial charge in [0.05, 0.1) is 17.0 Å². The summed E-state index contributed by atoms with van der Waals surface area (Å²) in [5.74, 6) is 2.21. The molecule has 0 aromatic heterocycles. The summed E-state index contributed by atoms with van der Waals surface area (Å²) in [5.41, 5.74) is 0.997. The number of hydrogen-bond donors (Lipinski definition) is 1. The molecule has 2 heterocycles. The molecule has 2 saturated heterocycles. The molecular weight excluding hydrogens is 360 g/mol. The number of carbonyl (C=O) groups excluding carboxylic acids is 1. The van der Waals surface area contributed by atoms with Crippen molar-refractivity contribution in [2.24, 2.45) is 11.8 Å². The molecule has 1 N–H and O–H groups in total. The lowest BCUT2D eigenvalue weighted by Gasteiger charge is -2.36. The van der Waals surface area contributed by atoms with Crippen LogP contribution in [0.3, 0.4) is 0 Å². The molecule has 27 heavy (non-hydrogen) atoms.